The monoisotopic (exact) mass is 606 g/mol. The van der Waals surface area contributed by atoms with Gasteiger partial charge in [-0.1, -0.05) is 10.4 Å². The zero-order valence-electron chi connectivity index (χ0n) is 21.5. The fourth-order valence-corrected chi connectivity index (χ4v) is 6.83. The molecule has 1 aliphatic carbocycles. The normalized spacial score (nSPS) is 28.5. The molecule has 0 radical (unpaired) electrons. The minimum absolute atomic E-state index is 0.105. The second-order valence-corrected chi connectivity index (χ2v) is 11.6. The second kappa shape index (κ2) is 11.2. The molecule has 224 valence electrons. The van der Waals surface area contributed by atoms with E-state index in [2.05, 4.69) is 15.5 Å². The van der Waals surface area contributed by atoms with Crippen LogP contribution in [0.1, 0.15) is 48.2 Å². The highest BCUT2D eigenvalue weighted by molar-refractivity contribution is 8.00. The van der Waals surface area contributed by atoms with Crippen molar-refractivity contribution < 1.29 is 51.6 Å². The molecule has 2 aromatic heterocycles. The van der Waals surface area contributed by atoms with Crippen molar-refractivity contribution in [3.05, 3.63) is 53.3 Å². The fraction of sp³-hybridized carbons (Fsp3) is 0.560. The summed E-state index contributed by atoms with van der Waals surface area (Å²) < 4.78 is 80.8. The van der Waals surface area contributed by atoms with E-state index in [1.165, 1.54) is 12.5 Å². The Labute approximate surface area is 234 Å². The van der Waals surface area contributed by atoms with Crippen molar-refractivity contribution in [2.45, 2.75) is 79.2 Å². The molecule has 6 atom stereocenters. The maximum Gasteiger partial charge on any atom is 0.248 e. The van der Waals surface area contributed by atoms with Crippen molar-refractivity contribution in [3.63, 3.8) is 0 Å². The summed E-state index contributed by atoms with van der Waals surface area (Å²) >= 11 is 0.865. The van der Waals surface area contributed by atoms with Gasteiger partial charge < -0.3 is 29.7 Å². The van der Waals surface area contributed by atoms with E-state index in [1.807, 2.05) is 0 Å². The van der Waals surface area contributed by atoms with Gasteiger partial charge >= 0.3 is 0 Å². The molecule has 1 aliphatic heterocycles. The number of aliphatic hydroxyl groups excluding tert-OH is 3. The molecule has 0 unspecified atom stereocenters. The lowest BCUT2D eigenvalue weighted by atomic mass is 9.79. The number of alkyl halides is 2. The summed E-state index contributed by atoms with van der Waals surface area (Å²) in [4.78, 5) is 0. The lowest BCUT2D eigenvalue weighted by Crippen LogP contribution is -2.55. The van der Waals surface area contributed by atoms with Crippen LogP contribution >= 0.6 is 11.8 Å². The molecule has 5 rings (SSSR count). The second-order valence-electron chi connectivity index (χ2n) is 10.4. The highest BCUT2D eigenvalue weighted by atomic mass is 32.2. The molecular weight excluding hydrogens is 579 g/mol. The SMILES string of the molecule is Cc1conc1[C@@H](S[C@@H]1O[C@H](CO)[C@H](O)[C@H](n2cc(-c3cc(F)c(F)c(F)c3)nn2)[C@H]1O)C1(O)CCC(F)(F)CC1. The molecule has 41 heavy (non-hydrogen) atoms. The number of thioether (sulfide) groups is 1. The molecule has 1 saturated carbocycles. The molecule has 3 heterocycles. The number of halogens is 5. The Morgan fingerprint density at radius 1 is 1.10 bits per heavy atom. The minimum atomic E-state index is -2.94. The van der Waals surface area contributed by atoms with Crippen molar-refractivity contribution in [2.24, 2.45) is 0 Å². The zero-order chi connectivity index (χ0) is 29.7. The first-order valence-corrected chi connectivity index (χ1v) is 13.6. The van der Waals surface area contributed by atoms with Crippen molar-refractivity contribution in [3.8, 4) is 11.3 Å². The molecule has 0 bridgehead atoms. The van der Waals surface area contributed by atoms with Gasteiger partial charge in [-0.2, -0.15) is 0 Å². The summed E-state index contributed by atoms with van der Waals surface area (Å²) in [5, 5.41) is 54.4. The summed E-state index contributed by atoms with van der Waals surface area (Å²) in [7, 11) is 0. The quantitative estimate of drug-likeness (QED) is 0.234. The van der Waals surface area contributed by atoms with Gasteiger partial charge in [-0.25, -0.2) is 26.6 Å². The van der Waals surface area contributed by atoms with Crippen LogP contribution in [0.4, 0.5) is 22.0 Å². The number of rotatable bonds is 7. The Morgan fingerprint density at radius 2 is 1.76 bits per heavy atom. The number of aryl methyl sites for hydroxylation is 1. The summed E-state index contributed by atoms with van der Waals surface area (Å²) in [5.41, 5.74) is -2.44. The third kappa shape index (κ3) is 5.72. The molecule has 4 N–H and O–H groups in total. The Kier molecular flexibility index (Phi) is 8.17. The van der Waals surface area contributed by atoms with E-state index in [0.717, 1.165) is 16.4 Å². The van der Waals surface area contributed by atoms with Crippen molar-refractivity contribution >= 4 is 11.8 Å². The molecule has 1 saturated heterocycles. The van der Waals surface area contributed by atoms with Crippen LogP contribution in [0.5, 0.6) is 0 Å². The summed E-state index contributed by atoms with van der Waals surface area (Å²) in [6.07, 6.45) is -3.61. The first-order chi connectivity index (χ1) is 19.3. The van der Waals surface area contributed by atoms with Gasteiger partial charge in [-0.05, 0) is 31.9 Å². The van der Waals surface area contributed by atoms with Gasteiger partial charge in [-0.15, -0.1) is 16.9 Å². The number of nitrogens with zero attached hydrogens (tertiary/aromatic N) is 4. The predicted octanol–water partition coefficient (Wildman–Crippen LogP) is 3.05. The van der Waals surface area contributed by atoms with Crippen LogP contribution in [-0.4, -0.2) is 82.5 Å². The van der Waals surface area contributed by atoms with E-state index in [-0.39, 0.29) is 29.8 Å². The van der Waals surface area contributed by atoms with E-state index in [0.29, 0.717) is 17.7 Å². The highest BCUT2D eigenvalue weighted by Crippen LogP contribution is 2.52. The van der Waals surface area contributed by atoms with Crippen LogP contribution < -0.4 is 0 Å². The van der Waals surface area contributed by atoms with Crippen molar-refractivity contribution in [1.82, 2.24) is 20.2 Å². The van der Waals surface area contributed by atoms with Crippen molar-refractivity contribution in [1.29, 1.82) is 0 Å². The van der Waals surface area contributed by atoms with E-state index >= 15 is 0 Å². The lowest BCUT2D eigenvalue weighted by molar-refractivity contribution is -0.179. The average Bonchev–Trinajstić information content (AvgIpc) is 3.58. The Hall–Kier alpha value is -2.63. The van der Waals surface area contributed by atoms with E-state index in [9.17, 15) is 42.4 Å². The summed E-state index contributed by atoms with van der Waals surface area (Å²) in [6.45, 7) is 0.959. The van der Waals surface area contributed by atoms with Crippen LogP contribution in [-0.2, 0) is 4.74 Å². The molecular formula is C25H27F5N4O6S. The van der Waals surface area contributed by atoms with Gasteiger partial charge in [0.2, 0.25) is 5.92 Å². The maximum atomic E-state index is 14.0. The molecule has 10 nitrogen and oxygen atoms in total. The van der Waals surface area contributed by atoms with Crippen molar-refractivity contribution in [2.75, 3.05) is 6.61 Å². The van der Waals surface area contributed by atoms with Crippen LogP contribution in [0.3, 0.4) is 0 Å². The Balaban J connectivity index is 1.46. The van der Waals surface area contributed by atoms with Crippen LogP contribution in [0, 0.1) is 24.4 Å². The molecule has 1 aromatic carbocycles. The van der Waals surface area contributed by atoms with Crippen LogP contribution in [0.25, 0.3) is 11.3 Å². The van der Waals surface area contributed by atoms with E-state index in [1.54, 1.807) is 6.92 Å². The van der Waals surface area contributed by atoms with Crippen LogP contribution in [0.2, 0.25) is 0 Å². The maximum absolute atomic E-state index is 14.0. The number of benzene rings is 1. The largest absolute Gasteiger partial charge is 0.394 e. The van der Waals surface area contributed by atoms with E-state index in [4.69, 9.17) is 9.26 Å². The third-order valence-corrected chi connectivity index (χ3v) is 9.17. The van der Waals surface area contributed by atoms with Gasteiger partial charge in [0.15, 0.2) is 17.5 Å². The highest BCUT2D eigenvalue weighted by Gasteiger charge is 2.53. The van der Waals surface area contributed by atoms with E-state index < -0.39 is 83.5 Å². The summed E-state index contributed by atoms with van der Waals surface area (Å²) in [6, 6.07) is 0.0925. The molecule has 2 fully saturated rings. The fourth-order valence-electron chi connectivity index (χ4n) is 5.19. The van der Waals surface area contributed by atoms with Crippen LogP contribution in [0.15, 0.2) is 29.1 Å². The zero-order valence-corrected chi connectivity index (χ0v) is 22.3. The third-order valence-electron chi connectivity index (χ3n) is 7.58. The number of aliphatic hydroxyl groups is 4. The first kappa shape index (κ1) is 29.8. The average molecular weight is 607 g/mol. The van der Waals surface area contributed by atoms with Gasteiger partial charge in [0.25, 0.3) is 0 Å². The van der Waals surface area contributed by atoms with Gasteiger partial charge in [0, 0.05) is 24.0 Å². The number of hydrogen-bond donors (Lipinski definition) is 4. The topological polar surface area (TPSA) is 147 Å². The molecule has 0 spiro atoms. The first-order valence-electron chi connectivity index (χ1n) is 12.7. The Bertz CT molecular complexity index is 1360. The lowest BCUT2D eigenvalue weighted by Gasteiger charge is -2.45. The Morgan fingerprint density at radius 3 is 2.34 bits per heavy atom. The standard InChI is InChI=1S/C25H27F5N4O6S/c1-11-10-39-32-18(11)22(24(38)2-4-25(29,30)5-3-24)41-23-21(37)19(20(36)16(9-35)40-23)34-8-15(31-33-34)12-6-13(26)17(28)14(27)7-12/h6-8,10,16,19-23,35-38H,2-5,9H2,1H3/t16-,19+,20+,21-,22-,23+/m1/s1. The molecule has 3 aromatic rings. The molecule has 0 amide bonds. The van der Waals surface area contributed by atoms with Gasteiger partial charge in [-0.3, -0.25) is 0 Å². The predicted molar refractivity (Wildman–Crippen MR) is 132 cm³/mol. The van der Waals surface area contributed by atoms with Gasteiger partial charge in [0.05, 0.1) is 23.7 Å². The minimum Gasteiger partial charge on any atom is -0.394 e. The molecule has 2 aliphatic rings. The van der Waals surface area contributed by atoms with Gasteiger partial charge in [0.1, 0.15) is 47.4 Å². The number of ether oxygens (including phenoxy) is 1. The number of hydrogen-bond acceptors (Lipinski definition) is 10. The molecule has 16 heteroatoms. The smallest absolute Gasteiger partial charge is 0.248 e. The summed E-state index contributed by atoms with van der Waals surface area (Å²) in [5.74, 6) is -7.52. The number of aromatic nitrogens is 4.